The second-order valence-corrected chi connectivity index (χ2v) is 7.27. The molecule has 1 saturated heterocycles. The summed E-state index contributed by atoms with van der Waals surface area (Å²) in [5.41, 5.74) is 1.16. The van der Waals surface area contributed by atoms with Gasteiger partial charge >= 0.3 is 0 Å². The van der Waals surface area contributed by atoms with E-state index in [2.05, 4.69) is 46.3 Å². The lowest BCUT2D eigenvalue weighted by Crippen LogP contribution is -2.39. The number of aliphatic imine (C=N–C) groups is 1. The third-order valence-corrected chi connectivity index (χ3v) is 5.13. The third-order valence-electron chi connectivity index (χ3n) is 3.99. The van der Waals surface area contributed by atoms with Crippen LogP contribution in [0.25, 0.3) is 0 Å². The molecule has 2 N–H and O–H groups in total. The quantitative estimate of drug-likeness (QED) is 0.258. The van der Waals surface area contributed by atoms with Crippen LogP contribution in [0.4, 0.5) is 0 Å². The fourth-order valence-corrected chi connectivity index (χ4v) is 3.69. The highest BCUT2D eigenvalue weighted by Crippen LogP contribution is 2.16. The molecule has 0 amide bonds. The summed E-state index contributed by atoms with van der Waals surface area (Å²) in [5, 5.41) is 7.89. The smallest absolute Gasteiger partial charge is 0.191 e. The molecule has 2 heterocycles. The van der Waals surface area contributed by atoms with E-state index in [4.69, 9.17) is 4.74 Å². The van der Waals surface area contributed by atoms with Crippen molar-refractivity contribution >= 4 is 41.3 Å². The summed E-state index contributed by atoms with van der Waals surface area (Å²) in [6.45, 7) is 13.8. The summed E-state index contributed by atoms with van der Waals surface area (Å²) in [7, 11) is 0. The highest BCUT2D eigenvalue weighted by Gasteiger charge is 2.09. The van der Waals surface area contributed by atoms with E-state index in [-0.39, 0.29) is 24.0 Å². The number of aromatic nitrogens is 1. The van der Waals surface area contributed by atoms with Gasteiger partial charge in [0.15, 0.2) is 5.96 Å². The van der Waals surface area contributed by atoms with Gasteiger partial charge in [-0.1, -0.05) is 0 Å². The number of aryl methyl sites for hydroxylation is 2. The zero-order valence-electron chi connectivity index (χ0n) is 15.6. The van der Waals surface area contributed by atoms with E-state index in [1.54, 1.807) is 11.3 Å². The maximum Gasteiger partial charge on any atom is 0.191 e. The van der Waals surface area contributed by atoms with Crippen LogP contribution in [0.15, 0.2) is 4.99 Å². The predicted octanol–water partition coefficient (Wildman–Crippen LogP) is 2.20. The van der Waals surface area contributed by atoms with Crippen molar-refractivity contribution < 1.29 is 4.74 Å². The van der Waals surface area contributed by atoms with Crippen molar-refractivity contribution in [1.82, 2.24) is 20.5 Å². The SMILES string of the molecule is CCNC(=NCCCN1CCOCC1)NCCc1sc(C)nc1C.I. The highest BCUT2D eigenvalue weighted by atomic mass is 127. The normalized spacial score (nSPS) is 15.7. The van der Waals surface area contributed by atoms with E-state index >= 15 is 0 Å². The van der Waals surface area contributed by atoms with E-state index in [1.165, 1.54) is 4.88 Å². The van der Waals surface area contributed by atoms with Crippen LogP contribution in [0.5, 0.6) is 0 Å². The second kappa shape index (κ2) is 12.8. The minimum Gasteiger partial charge on any atom is -0.379 e. The molecule has 2 rings (SSSR count). The number of rotatable bonds is 8. The number of guanidine groups is 1. The van der Waals surface area contributed by atoms with Crippen molar-refractivity contribution in [3.63, 3.8) is 0 Å². The third kappa shape index (κ3) is 8.65. The highest BCUT2D eigenvalue weighted by molar-refractivity contribution is 14.0. The van der Waals surface area contributed by atoms with Crippen molar-refractivity contribution in [2.75, 3.05) is 52.5 Å². The first-order valence-corrected chi connectivity index (χ1v) is 9.76. The zero-order valence-corrected chi connectivity index (χ0v) is 18.8. The average Bonchev–Trinajstić information content (AvgIpc) is 2.90. The second-order valence-electron chi connectivity index (χ2n) is 5.99. The van der Waals surface area contributed by atoms with Crippen molar-refractivity contribution in [3.05, 3.63) is 15.6 Å². The maximum atomic E-state index is 5.37. The van der Waals surface area contributed by atoms with E-state index < -0.39 is 0 Å². The number of thiazole rings is 1. The van der Waals surface area contributed by atoms with Crippen LogP contribution in [0.3, 0.4) is 0 Å². The fourth-order valence-electron chi connectivity index (χ4n) is 2.75. The molecule has 1 fully saturated rings. The van der Waals surface area contributed by atoms with Crippen LogP contribution in [-0.2, 0) is 11.2 Å². The summed E-state index contributed by atoms with van der Waals surface area (Å²) in [6, 6.07) is 0. The van der Waals surface area contributed by atoms with E-state index in [0.29, 0.717) is 0 Å². The molecule has 1 aliphatic rings. The number of halogens is 1. The van der Waals surface area contributed by atoms with Gasteiger partial charge in [0.25, 0.3) is 0 Å². The summed E-state index contributed by atoms with van der Waals surface area (Å²) in [6.07, 6.45) is 2.08. The molecule has 1 aliphatic heterocycles. The molecule has 1 aromatic heterocycles. The molecule has 0 radical (unpaired) electrons. The van der Waals surface area contributed by atoms with E-state index in [9.17, 15) is 0 Å². The van der Waals surface area contributed by atoms with Crippen molar-refractivity contribution in [2.45, 2.75) is 33.6 Å². The largest absolute Gasteiger partial charge is 0.379 e. The van der Waals surface area contributed by atoms with Crippen molar-refractivity contribution in [2.24, 2.45) is 4.99 Å². The fraction of sp³-hybridized carbons (Fsp3) is 0.765. The topological polar surface area (TPSA) is 61.8 Å². The van der Waals surface area contributed by atoms with Crippen LogP contribution < -0.4 is 10.6 Å². The summed E-state index contributed by atoms with van der Waals surface area (Å²) in [4.78, 5) is 13.0. The van der Waals surface area contributed by atoms with E-state index in [1.807, 2.05) is 0 Å². The first-order chi connectivity index (χ1) is 11.7. The minimum atomic E-state index is 0. The van der Waals surface area contributed by atoms with Crippen molar-refractivity contribution in [1.29, 1.82) is 0 Å². The summed E-state index contributed by atoms with van der Waals surface area (Å²) in [5.74, 6) is 0.915. The Bertz CT molecular complexity index is 517. The molecule has 0 spiro atoms. The van der Waals surface area contributed by atoms with Crippen LogP contribution in [0.2, 0.25) is 0 Å². The van der Waals surface area contributed by atoms with Gasteiger partial charge < -0.3 is 15.4 Å². The van der Waals surface area contributed by atoms with Gasteiger partial charge in [-0.15, -0.1) is 35.3 Å². The van der Waals surface area contributed by atoms with Gasteiger partial charge in [-0.2, -0.15) is 0 Å². The molecule has 0 unspecified atom stereocenters. The number of ether oxygens (including phenoxy) is 1. The number of nitrogens with one attached hydrogen (secondary N) is 2. The lowest BCUT2D eigenvalue weighted by atomic mass is 10.3. The summed E-state index contributed by atoms with van der Waals surface area (Å²) < 4.78 is 5.37. The lowest BCUT2D eigenvalue weighted by Gasteiger charge is -2.26. The van der Waals surface area contributed by atoms with E-state index in [0.717, 1.165) is 82.0 Å². The standard InChI is InChI=1S/C17H31N5OS.HI/c1-4-18-17(19-7-5-9-22-10-12-23-13-11-22)20-8-6-16-14(2)21-15(3)24-16;/h4-13H2,1-3H3,(H2,18,19,20);1H. The maximum absolute atomic E-state index is 5.37. The van der Waals surface area contributed by atoms with Crippen molar-refractivity contribution in [3.8, 4) is 0 Å². The molecule has 0 aliphatic carbocycles. The van der Waals surface area contributed by atoms with Gasteiger partial charge in [0.05, 0.1) is 23.9 Å². The Hall–Kier alpha value is -0.450. The van der Waals surface area contributed by atoms with Gasteiger partial charge in [0, 0.05) is 50.6 Å². The molecule has 6 nitrogen and oxygen atoms in total. The Morgan fingerprint density at radius 3 is 2.68 bits per heavy atom. The first-order valence-electron chi connectivity index (χ1n) is 8.94. The van der Waals surface area contributed by atoms with Gasteiger partial charge in [-0.05, 0) is 27.2 Å². The van der Waals surface area contributed by atoms with Gasteiger partial charge in [-0.3, -0.25) is 9.89 Å². The summed E-state index contributed by atoms with van der Waals surface area (Å²) >= 11 is 1.79. The Labute approximate surface area is 172 Å². The Kier molecular flexibility index (Phi) is 11.6. The van der Waals surface area contributed by atoms with Crippen LogP contribution >= 0.6 is 35.3 Å². The van der Waals surface area contributed by atoms with Gasteiger partial charge in [0.1, 0.15) is 0 Å². The predicted molar refractivity (Wildman–Crippen MR) is 117 cm³/mol. The number of morpholine rings is 1. The number of hydrogen-bond acceptors (Lipinski definition) is 5. The molecule has 0 bridgehead atoms. The lowest BCUT2D eigenvalue weighted by molar-refractivity contribution is 0.0377. The molecule has 1 aromatic rings. The zero-order chi connectivity index (χ0) is 17.2. The Morgan fingerprint density at radius 2 is 2.04 bits per heavy atom. The molecular formula is C17H32IN5OS. The minimum absolute atomic E-state index is 0. The Morgan fingerprint density at radius 1 is 1.28 bits per heavy atom. The van der Waals surface area contributed by atoms with Gasteiger partial charge in [-0.25, -0.2) is 4.98 Å². The van der Waals surface area contributed by atoms with Crippen LogP contribution in [0, 0.1) is 13.8 Å². The van der Waals surface area contributed by atoms with Crippen LogP contribution in [-0.4, -0.2) is 68.3 Å². The van der Waals surface area contributed by atoms with Gasteiger partial charge in [0.2, 0.25) is 0 Å². The number of hydrogen-bond donors (Lipinski definition) is 2. The molecule has 25 heavy (non-hydrogen) atoms. The Balaban J connectivity index is 0.00000312. The molecular weight excluding hydrogens is 449 g/mol. The monoisotopic (exact) mass is 481 g/mol. The molecule has 8 heteroatoms. The number of nitrogens with zero attached hydrogens (tertiary/aromatic N) is 3. The average molecular weight is 481 g/mol. The molecule has 0 atom stereocenters. The molecule has 144 valence electrons. The molecule has 0 saturated carbocycles. The first kappa shape index (κ1) is 22.6. The molecule has 0 aromatic carbocycles. The van der Waals surface area contributed by atoms with Crippen LogP contribution in [0.1, 0.15) is 28.9 Å².